The Kier molecular flexibility index (Phi) is 8.46. The minimum Gasteiger partial charge on any atom is -0.489 e. The van der Waals surface area contributed by atoms with Gasteiger partial charge in [-0.25, -0.2) is 13.2 Å². The van der Waals surface area contributed by atoms with Crippen molar-refractivity contribution in [1.29, 1.82) is 5.26 Å². The summed E-state index contributed by atoms with van der Waals surface area (Å²) >= 11 is 0. The largest absolute Gasteiger partial charge is 0.489 e. The van der Waals surface area contributed by atoms with Crippen molar-refractivity contribution in [2.75, 3.05) is 18.4 Å². The summed E-state index contributed by atoms with van der Waals surface area (Å²) in [7, 11) is 0. The minimum atomic E-state index is -1.70. The van der Waals surface area contributed by atoms with Gasteiger partial charge in [-0.3, -0.25) is 9.59 Å². The van der Waals surface area contributed by atoms with Gasteiger partial charge < -0.3 is 15.0 Å². The van der Waals surface area contributed by atoms with Gasteiger partial charge in [-0.05, 0) is 42.8 Å². The molecule has 0 radical (unpaired) electrons. The predicted octanol–water partition coefficient (Wildman–Crippen LogP) is 5.05. The molecular weight excluding hydrogens is 459 g/mol. The second-order valence-corrected chi connectivity index (χ2v) is 7.58. The van der Waals surface area contributed by atoms with Crippen molar-refractivity contribution in [3.05, 3.63) is 94.8 Å². The molecule has 2 amide bonds. The molecule has 0 bridgehead atoms. The third kappa shape index (κ3) is 6.38. The number of carbonyl (C=O) groups is 2. The molecule has 0 fully saturated rings. The second-order valence-electron chi connectivity index (χ2n) is 7.58. The average molecular weight is 481 g/mol. The molecule has 0 atom stereocenters. The molecule has 1 N–H and O–H groups in total. The Balaban J connectivity index is 1.70. The van der Waals surface area contributed by atoms with Crippen LogP contribution in [0.25, 0.3) is 0 Å². The topological polar surface area (TPSA) is 82.4 Å². The molecule has 0 saturated heterocycles. The number of anilines is 1. The maximum Gasteiger partial charge on any atom is 0.254 e. The van der Waals surface area contributed by atoms with Gasteiger partial charge in [-0.2, -0.15) is 5.26 Å². The number of halogens is 3. The third-order valence-electron chi connectivity index (χ3n) is 5.04. The van der Waals surface area contributed by atoms with Gasteiger partial charge in [0.1, 0.15) is 18.9 Å². The molecule has 0 aliphatic carbocycles. The maximum absolute atomic E-state index is 13.9. The number of amides is 2. The number of ether oxygens (including phenoxy) is 1. The summed E-state index contributed by atoms with van der Waals surface area (Å²) in [5.41, 5.74) is 0.917. The van der Waals surface area contributed by atoms with E-state index in [1.165, 1.54) is 11.0 Å². The predicted molar refractivity (Wildman–Crippen MR) is 123 cm³/mol. The summed E-state index contributed by atoms with van der Waals surface area (Å²) in [6, 6.07) is 17.1. The highest BCUT2D eigenvalue weighted by Crippen LogP contribution is 2.21. The van der Waals surface area contributed by atoms with Gasteiger partial charge in [0.25, 0.3) is 5.91 Å². The SMILES string of the molecule is CCCN(CC(=O)Nc1ccc(F)c(F)c1F)C(=O)c1cccc(OCc2ccccc2C#N)c1. The molecule has 0 unspecified atom stereocenters. The van der Waals surface area contributed by atoms with Gasteiger partial charge >= 0.3 is 0 Å². The second kappa shape index (κ2) is 11.7. The first-order chi connectivity index (χ1) is 16.8. The van der Waals surface area contributed by atoms with E-state index in [1.54, 1.807) is 42.5 Å². The van der Waals surface area contributed by atoms with E-state index in [0.29, 0.717) is 29.4 Å². The molecule has 6 nitrogen and oxygen atoms in total. The minimum absolute atomic E-state index is 0.127. The van der Waals surface area contributed by atoms with Crippen molar-refractivity contribution in [2.24, 2.45) is 0 Å². The number of nitrogens with one attached hydrogen (secondary N) is 1. The van der Waals surface area contributed by atoms with E-state index < -0.39 is 41.5 Å². The zero-order valence-electron chi connectivity index (χ0n) is 18.9. The lowest BCUT2D eigenvalue weighted by Crippen LogP contribution is -2.38. The van der Waals surface area contributed by atoms with Crippen LogP contribution in [0, 0.1) is 28.8 Å². The quantitative estimate of drug-likeness (QED) is 0.434. The van der Waals surface area contributed by atoms with Crippen LogP contribution in [0.3, 0.4) is 0 Å². The Morgan fingerprint density at radius 2 is 1.80 bits per heavy atom. The fourth-order valence-corrected chi connectivity index (χ4v) is 3.33. The molecule has 0 spiro atoms. The van der Waals surface area contributed by atoms with Crippen LogP contribution in [-0.2, 0) is 11.4 Å². The highest BCUT2D eigenvalue weighted by molar-refractivity contribution is 5.99. The van der Waals surface area contributed by atoms with Gasteiger partial charge in [0, 0.05) is 17.7 Å². The summed E-state index contributed by atoms with van der Waals surface area (Å²) in [6.45, 7) is 1.75. The number of nitrogens with zero attached hydrogens (tertiary/aromatic N) is 2. The highest BCUT2D eigenvalue weighted by atomic mass is 19.2. The lowest BCUT2D eigenvalue weighted by Gasteiger charge is -2.22. The molecule has 0 aliphatic rings. The molecular formula is C26H22F3N3O3. The first-order valence-corrected chi connectivity index (χ1v) is 10.8. The molecule has 3 aromatic rings. The van der Waals surface area contributed by atoms with Crippen molar-refractivity contribution in [3.63, 3.8) is 0 Å². The molecule has 180 valence electrons. The summed E-state index contributed by atoms with van der Waals surface area (Å²) in [6.07, 6.45) is 0.541. The van der Waals surface area contributed by atoms with Crippen LogP contribution in [0.2, 0.25) is 0 Å². The maximum atomic E-state index is 13.9. The summed E-state index contributed by atoms with van der Waals surface area (Å²) in [5.74, 6) is -5.42. The smallest absolute Gasteiger partial charge is 0.254 e. The average Bonchev–Trinajstić information content (AvgIpc) is 2.87. The third-order valence-corrected chi connectivity index (χ3v) is 5.04. The van der Waals surface area contributed by atoms with Crippen molar-refractivity contribution < 1.29 is 27.5 Å². The van der Waals surface area contributed by atoms with Gasteiger partial charge in [0.15, 0.2) is 17.5 Å². The summed E-state index contributed by atoms with van der Waals surface area (Å²) in [4.78, 5) is 26.8. The molecule has 3 rings (SSSR count). The van der Waals surface area contributed by atoms with Crippen LogP contribution in [0.15, 0.2) is 60.7 Å². The van der Waals surface area contributed by atoms with E-state index in [4.69, 9.17) is 4.74 Å². The molecule has 3 aromatic carbocycles. The van der Waals surface area contributed by atoms with Crippen LogP contribution in [0.4, 0.5) is 18.9 Å². The van der Waals surface area contributed by atoms with E-state index in [1.807, 2.05) is 6.92 Å². The summed E-state index contributed by atoms with van der Waals surface area (Å²) < 4.78 is 46.2. The molecule has 9 heteroatoms. The van der Waals surface area contributed by atoms with Crippen LogP contribution in [-0.4, -0.2) is 29.8 Å². The van der Waals surface area contributed by atoms with Crippen LogP contribution >= 0.6 is 0 Å². The van der Waals surface area contributed by atoms with Crippen molar-refractivity contribution in [1.82, 2.24) is 4.90 Å². The Labute approximate surface area is 200 Å². The normalized spacial score (nSPS) is 10.4. The molecule has 0 heterocycles. The fourth-order valence-electron chi connectivity index (χ4n) is 3.33. The number of hydrogen-bond acceptors (Lipinski definition) is 4. The number of rotatable bonds is 9. The van der Waals surface area contributed by atoms with Crippen LogP contribution < -0.4 is 10.1 Å². The molecule has 35 heavy (non-hydrogen) atoms. The Bertz CT molecular complexity index is 1270. The van der Waals surface area contributed by atoms with Gasteiger partial charge in [-0.15, -0.1) is 0 Å². The van der Waals surface area contributed by atoms with Gasteiger partial charge in [-0.1, -0.05) is 31.2 Å². The van der Waals surface area contributed by atoms with Crippen molar-refractivity contribution >= 4 is 17.5 Å². The Hall–Kier alpha value is -4.32. The van der Waals surface area contributed by atoms with Crippen LogP contribution in [0.1, 0.15) is 34.8 Å². The molecule has 0 aliphatic heterocycles. The number of hydrogen-bond donors (Lipinski definition) is 1. The Morgan fingerprint density at radius 1 is 1.03 bits per heavy atom. The van der Waals surface area contributed by atoms with Crippen molar-refractivity contribution in [3.8, 4) is 11.8 Å². The first-order valence-electron chi connectivity index (χ1n) is 10.8. The van der Waals surface area contributed by atoms with Gasteiger partial charge in [0.05, 0.1) is 17.3 Å². The number of nitriles is 1. The molecule has 0 saturated carbocycles. The number of carbonyl (C=O) groups excluding carboxylic acids is 2. The zero-order chi connectivity index (χ0) is 25.4. The molecule has 0 aromatic heterocycles. The monoisotopic (exact) mass is 481 g/mol. The number of benzene rings is 3. The first kappa shape index (κ1) is 25.3. The van der Waals surface area contributed by atoms with E-state index in [9.17, 15) is 28.0 Å². The summed E-state index contributed by atoms with van der Waals surface area (Å²) in [5, 5.41) is 11.4. The van der Waals surface area contributed by atoms with Gasteiger partial charge in [0.2, 0.25) is 5.91 Å². The lowest BCUT2D eigenvalue weighted by atomic mass is 10.1. The van der Waals surface area contributed by atoms with E-state index in [0.717, 1.165) is 6.07 Å². The lowest BCUT2D eigenvalue weighted by molar-refractivity contribution is -0.116. The van der Waals surface area contributed by atoms with E-state index in [2.05, 4.69) is 11.4 Å². The standard InChI is InChI=1S/C26H22F3N3O3/c1-2-12-32(15-23(33)31-22-11-10-21(27)24(28)25(22)29)26(34)17-8-5-9-20(13-17)35-16-19-7-4-3-6-18(19)14-30/h3-11,13H,2,12,15-16H2,1H3,(H,31,33). The van der Waals surface area contributed by atoms with E-state index in [-0.39, 0.29) is 18.7 Å². The van der Waals surface area contributed by atoms with E-state index >= 15 is 0 Å². The van der Waals surface area contributed by atoms with Crippen LogP contribution in [0.5, 0.6) is 5.75 Å². The highest BCUT2D eigenvalue weighted by Gasteiger charge is 2.21. The van der Waals surface area contributed by atoms with Crippen molar-refractivity contribution in [2.45, 2.75) is 20.0 Å². The Morgan fingerprint density at radius 3 is 2.54 bits per heavy atom. The zero-order valence-corrected chi connectivity index (χ0v) is 18.9. The fraction of sp³-hybridized carbons (Fsp3) is 0.192.